The molecule has 0 radical (unpaired) electrons. The molecule has 182 valence electrons. The summed E-state index contributed by atoms with van der Waals surface area (Å²) < 4.78 is 24.0. The number of benzene rings is 1. The van der Waals surface area contributed by atoms with Gasteiger partial charge in [0.2, 0.25) is 0 Å². The van der Waals surface area contributed by atoms with E-state index in [1.807, 2.05) is 12.1 Å². The van der Waals surface area contributed by atoms with Crippen LogP contribution < -0.4 is 4.52 Å². The Hall–Kier alpha value is -1.48. The smallest absolute Gasteiger partial charge is 0.420 e. The molecule has 0 amide bonds. The lowest BCUT2D eigenvalue weighted by Crippen LogP contribution is -2.62. The molecule has 0 aliphatic rings. The van der Waals surface area contributed by atoms with Crippen molar-refractivity contribution in [2.45, 2.75) is 88.5 Å². The summed E-state index contributed by atoms with van der Waals surface area (Å²) in [6.07, 6.45) is 0. The Morgan fingerprint density at radius 3 is 1.66 bits per heavy atom. The van der Waals surface area contributed by atoms with Crippen LogP contribution in [0.5, 0.6) is 5.75 Å². The topological polar surface area (TPSA) is 84.3 Å². The monoisotopic (exact) mass is 465 g/mol. The third-order valence-corrected chi connectivity index (χ3v) is 7.62. The Kier molecular flexibility index (Phi) is 8.07. The van der Waals surface area contributed by atoms with Crippen molar-refractivity contribution < 1.29 is 13.6 Å². The van der Waals surface area contributed by atoms with Crippen molar-refractivity contribution in [3.8, 4) is 5.75 Å². The SMILES string of the molecule is COP(=O)(N=[N+]=[N-])Oc1ccccc1C(C(C(C)(C)C)C(C)(C)C)(C(C)(C)C)C(C)(C)C. The second-order valence-electron chi connectivity index (χ2n) is 12.9. The van der Waals surface area contributed by atoms with Gasteiger partial charge in [-0.2, -0.15) is 0 Å². The summed E-state index contributed by atoms with van der Waals surface area (Å²) in [7, 11) is -2.80. The van der Waals surface area contributed by atoms with E-state index in [1.54, 1.807) is 6.07 Å². The van der Waals surface area contributed by atoms with Gasteiger partial charge in [0.25, 0.3) is 0 Å². The van der Waals surface area contributed by atoms with Gasteiger partial charge in [0.05, 0.1) is 0 Å². The minimum absolute atomic E-state index is 0.0678. The molecule has 6 nitrogen and oxygen atoms in total. The van der Waals surface area contributed by atoms with Crippen molar-refractivity contribution in [3.05, 3.63) is 40.3 Å². The minimum atomic E-state index is -4.03. The lowest BCUT2D eigenvalue weighted by atomic mass is 9.39. The fraction of sp³-hybridized carbons (Fsp3) is 0.760. The quantitative estimate of drug-likeness (QED) is 0.182. The maximum atomic E-state index is 13.0. The van der Waals surface area contributed by atoms with Crippen LogP contribution >= 0.6 is 7.75 Å². The Bertz CT molecular complexity index is 865. The Morgan fingerprint density at radius 1 is 0.875 bits per heavy atom. The van der Waals surface area contributed by atoms with Crippen LogP contribution in [0.3, 0.4) is 0 Å². The van der Waals surface area contributed by atoms with E-state index >= 15 is 0 Å². The summed E-state index contributed by atoms with van der Waals surface area (Å²) >= 11 is 0. The average molecular weight is 466 g/mol. The maximum absolute atomic E-state index is 13.0. The molecular formula is C25H44N3O3P. The highest BCUT2D eigenvalue weighted by Gasteiger charge is 2.62. The predicted octanol–water partition coefficient (Wildman–Crippen LogP) is 9.17. The molecule has 32 heavy (non-hydrogen) atoms. The number of azide groups is 1. The zero-order valence-electron chi connectivity index (χ0n) is 22.4. The zero-order valence-corrected chi connectivity index (χ0v) is 23.3. The molecule has 0 spiro atoms. The number of rotatable bonds is 6. The molecular weight excluding hydrogens is 421 g/mol. The summed E-state index contributed by atoms with van der Waals surface area (Å²) in [5, 5.41) is 0. The van der Waals surface area contributed by atoms with Crippen molar-refractivity contribution in [2.24, 2.45) is 32.5 Å². The standard InChI is InChI=1S/C25H44N3O3P/c1-21(2,3)20(22(4,5)6)25(23(7,8)9,24(10,11)12)18-16-14-15-17-19(18)31-32(29,30-13)28-27-26/h14-17,20H,1-13H3. The first kappa shape index (κ1) is 28.6. The van der Waals surface area contributed by atoms with Crippen LogP contribution in [0, 0.1) is 27.6 Å². The highest BCUT2D eigenvalue weighted by atomic mass is 31.2. The average Bonchev–Trinajstić information content (AvgIpc) is 2.56. The largest absolute Gasteiger partial charge is 0.470 e. The van der Waals surface area contributed by atoms with Crippen LogP contribution in [0.2, 0.25) is 0 Å². The van der Waals surface area contributed by atoms with Crippen LogP contribution in [0.25, 0.3) is 10.4 Å². The van der Waals surface area contributed by atoms with E-state index in [0.717, 1.165) is 5.56 Å². The van der Waals surface area contributed by atoms with Gasteiger partial charge in [0, 0.05) is 27.9 Å². The molecule has 1 rings (SSSR count). The molecule has 1 atom stereocenters. The molecule has 0 fully saturated rings. The first-order valence-corrected chi connectivity index (χ1v) is 12.7. The Labute approximate surface area is 195 Å². The molecule has 0 N–H and O–H groups in total. The van der Waals surface area contributed by atoms with Crippen LogP contribution in [0.1, 0.15) is 88.6 Å². The van der Waals surface area contributed by atoms with Crippen LogP contribution in [-0.2, 0) is 14.5 Å². The molecule has 0 saturated heterocycles. The third kappa shape index (κ3) is 5.35. The Morgan fingerprint density at radius 2 is 1.31 bits per heavy atom. The molecule has 0 aromatic heterocycles. The van der Waals surface area contributed by atoms with E-state index in [2.05, 4.69) is 98.9 Å². The van der Waals surface area contributed by atoms with E-state index < -0.39 is 13.2 Å². The summed E-state index contributed by atoms with van der Waals surface area (Å²) in [6.45, 7) is 27.3. The summed E-state index contributed by atoms with van der Waals surface area (Å²) in [6, 6.07) is 7.69. The van der Waals surface area contributed by atoms with Crippen LogP contribution in [0.15, 0.2) is 29.2 Å². The maximum Gasteiger partial charge on any atom is 0.470 e. The van der Waals surface area contributed by atoms with E-state index in [4.69, 9.17) is 14.6 Å². The van der Waals surface area contributed by atoms with Gasteiger partial charge in [-0.05, 0) is 39.2 Å². The van der Waals surface area contributed by atoms with Crippen molar-refractivity contribution in [2.75, 3.05) is 7.11 Å². The van der Waals surface area contributed by atoms with E-state index in [9.17, 15) is 4.57 Å². The molecule has 7 heteroatoms. The molecule has 0 aliphatic carbocycles. The molecule has 1 unspecified atom stereocenters. The molecule has 0 saturated carbocycles. The summed E-state index contributed by atoms with van der Waals surface area (Å²) in [5.41, 5.74) is 8.87. The van der Waals surface area contributed by atoms with E-state index in [0.29, 0.717) is 5.75 Å². The number of hydrogen-bond acceptors (Lipinski definition) is 3. The fourth-order valence-corrected chi connectivity index (χ4v) is 7.38. The van der Waals surface area contributed by atoms with Gasteiger partial charge in [0.1, 0.15) is 5.75 Å². The van der Waals surface area contributed by atoms with Gasteiger partial charge in [0.15, 0.2) is 0 Å². The third-order valence-electron chi connectivity index (χ3n) is 6.44. The lowest BCUT2D eigenvalue weighted by molar-refractivity contribution is -0.101. The summed E-state index contributed by atoms with van der Waals surface area (Å²) in [5.74, 6) is 0.613. The molecule has 1 aromatic carbocycles. The van der Waals surface area contributed by atoms with Gasteiger partial charge in [-0.15, -0.1) is 0 Å². The lowest BCUT2D eigenvalue weighted by Gasteiger charge is -2.65. The highest BCUT2D eigenvalue weighted by Crippen LogP contribution is 2.67. The van der Waals surface area contributed by atoms with Crippen molar-refractivity contribution in [1.29, 1.82) is 0 Å². The molecule has 0 heterocycles. The first-order valence-electron chi connectivity index (χ1n) is 11.2. The first-order chi connectivity index (χ1) is 14.2. The Balaban J connectivity index is 4.25. The predicted molar refractivity (Wildman–Crippen MR) is 134 cm³/mol. The second kappa shape index (κ2) is 9.05. The summed E-state index contributed by atoms with van der Waals surface area (Å²) in [4.78, 5) is 6.04. The van der Waals surface area contributed by atoms with Crippen LogP contribution in [0.4, 0.5) is 0 Å². The van der Waals surface area contributed by atoms with Gasteiger partial charge in [-0.25, -0.2) is 4.57 Å². The van der Waals surface area contributed by atoms with E-state index in [-0.39, 0.29) is 27.6 Å². The second-order valence-corrected chi connectivity index (χ2v) is 14.6. The van der Waals surface area contributed by atoms with Gasteiger partial charge >= 0.3 is 7.75 Å². The van der Waals surface area contributed by atoms with Crippen molar-refractivity contribution in [1.82, 2.24) is 0 Å². The van der Waals surface area contributed by atoms with Crippen molar-refractivity contribution >= 4 is 7.75 Å². The van der Waals surface area contributed by atoms with Crippen LogP contribution in [-0.4, -0.2) is 7.11 Å². The highest BCUT2D eigenvalue weighted by molar-refractivity contribution is 7.52. The normalized spacial score (nSPS) is 15.8. The van der Waals surface area contributed by atoms with E-state index in [1.165, 1.54) is 7.11 Å². The van der Waals surface area contributed by atoms with Gasteiger partial charge in [-0.3, -0.25) is 4.52 Å². The molecule has 1 aromatic rings. The molecule has 0 aliphatic heterocycles. The van der Waals surface area contributed by atoms with Gasteiger partial charge < -0.3 is 4.52 Å². The fourth-order valence-electron chi connectivity index (χ4n) is 6.69. The van der Waals surface area contributed by atoms with Gasteiger partial charge in [-0.1, -0.05) is 101 Å². The number of nitrogens with zero attached hydrogens (tertiary/aromatic N) is 3. The zero-order chi connectivity index (χ0) is 25.4. The molecule has 0 bridgehead atoms. The van der Waals surface area contributed by atoms with Crippen molar-refractivity contribution in [3.63, 3.8) is 0 Å². The number of hydrogen-bond donors (Lipinski definition) is 0. The number of para-hydroxylation sites is 1. The minimum Gasteiger partial charge on any atom is -0.420 e.